The normalized spacial score (nSPS) is 26.5. The number of carbonyl (C=O) groups is 1. The van der Waals surface area contributed by atoms with Gasteiger partial charge in [0.2, 0.25) is 5.91 Å². The third-order valence-corrected chi connectivity index (χ3v) is 4.00. The van der Waals surface area contributed by atoms with Gasteiger partial charge in [-0.05, 0) is 37.0 Å². The SMILES string of the molecule is CC(C)(C)C1CCCC(NCCC(N)=O)CC1. The Bertz CT molecular complexity index is 245. The summed E-state index contributed by atoms with van der Waals surface area (Å²) < 4.78 is 0. The van der Waals surface area contributed by atoms with Crippen molar-refractivity contribution in [3.8, 4) is 0 Å². The fraction of sp³-hybridized carbons (Fsp3) is 0.929. The van der Waals surface area contributed by atoms with Gasteiger partial charge in [-0.1, -0.05) is 27.2 Å². The van der Waals surface area contributed by atoms with E-state index in [1.54, 1.807) is 0 Å². The van der Waals surface area contributed by atoms with Gasteiger partial charge in [-0.3, -0.25) is 4.79 Å². The fourth-order valence-electron chi connectivity index (χ4n) is 2.77. The van der Waals surface area contributed by atoms with Crippen LogP contribution in [0.4, 0.5) is 0 Å². The first-order chi connectivity index (χ1) is 7.89. The summed E-state index contributed by atoms with van der Waals surface area (Å²) in [5, 5.41) is 3.46. The van der Waals surface area contributed by atoms with Crippen LogP contribution >= 0.6 is 0 Å². The lowest BCUT2D eigenvalue weighted by molar-refractivity contribution is -0.117. The Morgan fingerprint density at radius 2 is 1.94 bits per heavy atom. The highest BCUT2D eigenvalue weighted by molar-refractivity contribution is 5.73. The number of amides is 1. The van der Waals surface area contributed by atoms with Crippen molar-refractivity contribution >= 4 is 5.91 Å². The molecule has 2 unspecified atom stereocenters. The molecule has 2 atom stereocenters. The third-order valence-electron chi connectivity index (χ3n) is 4.00. The molecule has 1 fully saturated rings. The predicted molar refractivity (Wildman–Crippen MR) is 71.6 cm³/mol. The van der Waals surface area contributed by atoms with Gasteiger partial charge in [0, 0.05) is 19.0 Å². The molecular weight excluding hydrogens is 212 g/mol. The first-order valence-electron chi connectivity index (χ1n) is 6.91. The Labute approximate surface area is 106 Å². The molecule has 3 heteroatoms. The molecule has 0 aliphatic heterocycles. The lowest BCUT2D eigenvalue weighted by Gasteiger charge is -2.29. The van der Waals surface area contributed by atoms with E-state index in [0.29, 0.717) is 17.9 Å². The van der Waals surface area contributed by atoms with E-state index < -0.39 is 0 Å². The Morgan fingerprint density at radius 1 is 1.24 bits per heavy atom. The average Bonchev–Trinajstić information content (AvgIpc) is 2.41. The molecule has 0 bridgehead atoms. The zero-order chi connectivity index (χ0) is 12.9. The van der Waals surface area contributed by atoms with Gasteiger partial charge in [-0.15, -0.1) is 0 Å². The number of primary amides is 1. The molecule has 0 aromatic carbocycles. The van der Waals surface area contributed by atoms with E-state index in [4.69, 9.17) is 5.73 Å². The summed E-state index contributed by atoms with van der Waals surface area (Å²) in [5.74, 6) is 0.629. The van der Waals surface area contributed by atoms with Crippen molar-refractivity contribution in [3.63, 3.8) is 0 Å². The van der Waals surface area contributed by atoms with Crippen molar-refractivity contribution in [2.75, 3.05) is 6.54 Å². The molecule has 0 spiro atoms. The first-order valence-corrected chi connectivity index (χ1v) is 6.91. The minimum absolute atomic E-state index is 0.210. The highest BCUT2D eigenvalue weighted by Crippen LogP contribution is 2.36. The predicted octanol–water partition coefficient (Wildman–Crippen LogP) is 2.45. The van der Waals surface area contributed by atoms with Crippen molar-refractivity contribution in [3.05, 3.63) is 0 Å². The topological polar surface area (TPSA) is 55.1 Å². The van der Waals surface area contributed by atoms with Crippen molar-refractivity contribution in [2.45, 2.75) is 65.3 Å². The Morgan fingerprint density at radius 3 is 2.53 bits per heavy atom. The quantitative estimate of drug-likeness (QED) is 0.742. The van der Waals surface area contributed by atoms with Crippen molar-refractivity contribution in [1.82, 2.24) is 5.32 Å². The van der Waals surface area contributed by atoms with Crippen LogP contribution in [-0.2, 0) is 4.79 Å². The van der Waals surface area contributed by atoms with E-state index in [9.17, 15) is 4.79 Å². The van der Waals surface area contributed by atoms with E-state index in [1.807, 2.05) is 0 Å². The van der Waals surface area contributed by atoms with Gasteiger partial charge in [-0.25, -0.2) is 0 Å². The number of nitrogens with two attached hydrogens (primary N) is 1. The van der Waals surface area contributed by atoms with Gasteiger partial charge in [0.05, 0.1) is 0 Å². The number of hydrogen-bond acceptors (Lipinski definition) is 2. The summed E-state index contributed by atoms with van der Waals surface area (Å²) in [7, 11) is 0. The molecular formula is C14H28N2O. The van der Waals surface area contributed by atoms with Crippen LogP contribution < -0.4 is 11.1 Å². The van der Waals surface area contributed by atoms with Crippen LogP contribution in [0.3, 0.4) is 0 Å². The standard InChI is InChI=1S/C14H28N2O/c1-14(2,3)11-5-4-6-12(8-7-11)16-10-9-13(15)17/h11-12,16H,4-10H2,1-3H3,(H2,15,17). The summed E-state index contributed by atoms with van der Waals surface area (Å²) in [5.41, 5.74) is 5.57. The maximum atomic E-state index is 10.7. The van der Waals surface area contributed by atoms with Crippen LogP contribution in [0.15, 0.2) is 0 Å². The number of carbonyl (C=O) groups excluding carboxylic acids is 1. The maximum absolute atomic E-state index is 10.7. The second kappa shape index (κ2) is 6.39. The largest absolute Gasteiger partial charge is 0.370 e. The molecule has 0 aromatic heterocycles. The van der Waals surface area contributed by atoms with E-state index in [1.165, 1.54) is 32.1 Å². The maximum Gasteiger partial charge on any atom is 0.218 e. The van der Waals surface area contributed by atoms with Gasteiger partial charge in [0.1, 0.15) is 0 Å². The second-order valence-electron chi connectivity index (χ2n) is 6.44. The fourth-order valence-corrected chi connectivity index (χ4v) is 2.77. The highest BCUT2D eigenvalue weighted by atomic mass is 16.1. The van der Waals surface area contributed by atoms with Crippen LogP contribution in [0, 0.1) is 11.3 Å². The Hall–Kier alpha value is -0.570. The van der Waals surface area contributed by atoms with E-state index in [-0.39, 0.29) is 5.91 Å². The monoisotopic (exact) mass is 240 g/mol. The molecule has 1 rings (SSSR count). The summed E-state index contributed by atoms with van der Waals surface area (Å²) in [6.07, 6.45) is 6.89. The lowest BCUT2D eigenvalue weighted by Crippen LogP contribution is -2.32. The molecule has 1 aliphatic rings. The zero-order valence-corrected chi connectivity index (χ0v) is 11.6. The van der Waals surface area contributed by atoms with Crippen LogP contribution in [0.1, 0.15) is 59.3 Å². The number of nitrogens with one attached hydrogen (secondary N) is 1. The number of hydrogen-bond donors (Lipinski definition) is 2. The van der Waals surface area contributed by atoms with Gasteiger partial charge >= 0.3 is 0 Å². The summed E-state index contributed by atoms with van der Waals surface area (Å²) in [6, 6.07) is 0.585. The zero-order valence-electron chi connectivity index (χ0n) is 11.6. The molecule has 0 heterocycles. The molecule has 0 aromatic rings. The molecule has 1 aliphatic carbocycles. The van der Waals surface area contributed by atoms with Crippen molar-refractivity contribution < 1.29 is 4.79 Å². The van der Waals surface area contributed by atoms with E-state index >= 15 is 0 Å². The van der Waals surface area contributed by atoms with Gasteiger partial charge < -0.3 is 11.1 Å². The summed E-state index contributed by atoms with van der Waals surface area (Å²) in [6.45, 7) is 7.77. The summed E-state index contributed by atoms with van der Waals surface area (Å²) in [4.78, 5) is 10.7. The molecule has 3 nitrogen and oxygen atoms in total. The molecule has 0 saturated heterocycles. The lowest BCUT2D eigenvalue weighted by atomic mass is 9.76. The van der Waals surface area contributed by atoms with Gasteiger partial charge in [0.25, 0.3) is 0 Å². The highest BCUT2D eigenvalue weighted by Gasteiger charge is 2.27. The molecule has 1 saturated carbocycles. The van der Waals surface area contributed by atoms with Gasteiger partial charge in [0.15, 0.2) is 0 Å². The molecule has 3 N–H and O–H groups in total. The first kappa shape index (κ1) is 14.5. The van der Waals surface area contributed by atoms with Crippen molar-refractivity contribution in [2.24, 2.45) is 17.1 Å². The van der Waals surface area contributed by atoms with Crippen LogP contribution in [0.5, 0.6) is 0 Å². The van der Waals surface area contributed by atoms with E-state index in [0.717, 1.165) is 12.5 Å². The average molecular weight is 240 g/mol. The molecule has 100 valence electrons. The smallest absolute Gasteiger partial charge is 0.218 e. The summed E-state index contributed by atoms with van der Waals surface area (Å²) >= 11 is 0. The molecule has 17 heavy (non-hydrogen) atoms. The van der Waals surface area contributed by atoms with Gasteiger partial charge in [-0.2, -0.15) is 0 Å². The Balaban J connectivity index is 2.30. The minimum Gasteiger partial charge on any atom is -0.370 e. The van der Waals surface area contributed by atoms with Crippen LogP contribution in [0.2, 0.25) is 0 Å². The van der Waals surface area contributed by atoms with Crippen molar-refractivity contribution in [1.29, 1.82) is 0 Å². The molecule has 1 amide bonds. The van der Waals surface area contributed by atoms with Crippen LogP contribution in [-0.4, -0.2) is 18.5 Å². The molecule has 0 radical (unpaired) electrons. The number of rotatable bonds is 4. The minimum atomic E-state index is -0.210. The van der Waals surface area contributed by atoms with E-state index in [2.05, 4.69) is 26.1 Å². The second-order valence-corrected chi connectivity index (χ2v) is 6.44. The van der Waals surface area contributed by atoms with Crippen LogP contribution in [0.25, 0.3) is 0 Å². The third kappa shape index (κ3) is 5.53. The Kier molecular flexibility index (Phi) is 5.44.